The summed E-state index contributed by atoms with van der Waals surface area (Å²) in [5.41, 5.74) is 5.33. The van der Waals surface area contributed by atoms with Gasteiger partial charge in [0.25, 0.3) is 0 Å². The molecule has 0 saturated carbocycles. The maximum Gasteiger partial charge on any atom is 0.171 e. The first-order chi connectivity index (χ1) is 12.6. The van der Waals surface area contributed by atoms with E-state index in [1.165, 1.54) is 11.1 Å². The van der Waals surface area contributed by atoms with Crippen LogP contribution in [0.1, 0.15) is 28.1 Å². The van der Waals surface area contributed by atoms with E-state index in [2.05, 4.69) is 46.4 Å². The number of nitrogens with one attached hydrogen (secondary N) is 1. The molecule has 0 saturated heterocycles. The van der Waals surface area contributed by atoms with Crippen molar-refractivity contribution >= 4 is 29.2 Å². The largest absolute Gasteiger partial charge is 0.330 e. The molecular weight excluding hydrogens is 346 g/mol. The smallest absolute Gasteiger partial charge is 0.171 e. The van der Waals surface area contributed by atoms with E-state index < -0.39 is 0 Å². The summed E-state index contributed by atoms with van der Waals surface area (Å²) in [6.45, 7) is 4.90. The molecule has 1 aliphatic rings. The van der Waals surface area contributed by atoms with Crippen LogP contribution in [0.15, 0.2) is 35.7 Å². The van der Waals surface area contributed by atoms with E-state index >= 15 is 0 Å². The number of imidazole rings is 1. The molecule has 1 N–H and O–H groups in total. The number of allylic oxidation sites excluding steroid dienone is 1. The Bertz CT molecular complexity index is 988. The number of H-pyrrole nitrogens is 1. The summed E-state index contributed by atoms with van der Waals surface area (Å²) in [7, 11) is 0. The van der Waals surface area contributed by atoms with Gasteiger partial charge in [0.15, 0.2) is 5.78 Å². The van der Waals surface area contributed by atoms with Crippen molar-refractivity contribution in [1.82, 2.24) is 25.0 Å². The topological polar surface area (TPSA) is 76.5 Å². The molecule has 0 fully saturated rings. The SMILES string of the molecule is Cc1cc(C)c2c(c1)C=C(c1nccn1CCSc1cn[nH]n1)C(=O)C2. The van der Waals surface area contributed by atoms with Crippen LogP contribution in [0.4, 0.5) is 0 Å². The predicted molar refractivity (Wildman–Crippen MR) is 102 cm³/mol. The number of thioether (sulfide) groups is 1. The Kier molecular flexibility index (Phi) is 4.46. The monoisotopic (exact) mass is 365 g/mol. The minimum Gasteiger partial charge on any atom is -0.330 e. The Morgan fingerprint density at radius 2 is 2.19 bits per heavy atom. The summed E-state index contributed by atoms with van der Waals surface area (Å²) in [6, 6.07) is 4.27. The first-order valence-corrected chi connectivity index (χ1v) is 9.45. The molecule has 0 aliphatic heterocycles. The van der Waals surface area contributed by atoms with Crippen LogP contribution in [0.2, 0.25) is 0 Å². The summed E-state index contributed by atoms with van der Waals surface area (Å²) >= 11 is 1.62. The maximum atomic E-state index is 12.8. The van der Waals surface area contributed by atoms with Gasteiger partial charge in [-0.15, -0.1) is 16.9 Å². The molecule has 0 radical (unpaired) electrons. The van der Waals surface area contributed by atoms with Crippen molar-refractivity contribution < 1.29 is 4.79 Å². The lowest BCUT2D eigenvalue weighted by atomic mass is 9.87. The number of fused-ring (bicyclic) bond motifs is 1. The third-order valence-electron chi connectivity index (χ3n) is 4.52. The van der Waals surface area contributed by atoms with Crippen molar-refractivity contribution in [1.29, 1.82) is 0 Å². The van der Waals surface area contributed by atoms with E-state index in [4.69, 9.17) is 0 Å². The highest BCUT2D eigenvalue weighted by molar-refractivity contribution is 7.99. The van der Waals surface area contributed by atoms with Crippen molar-refractivity contribution in [2.45, 2.75) is 31.8 Å². The second-order valence-electron chi connectivity index (χ2n) is 6.41. The second kappa shape index (κ2) is 6.92. The van der Waals surface area contributed by atoms with Crippen molar-refractivity contribution in [3.8, 4) is 0 Å². The molecule has 0 bridgehead atoms. The average molecular weight is 365 g/mol. The number of nitrogens with zero attached hydrogens (tertiary/aromatic N) is 4. The van der Waals surface area contributed by atoms with Gasteiger partial charge in [-0.3, -0.25) is 4.79 Å². The van der Waals surface area contributed by atoms with Crippen molar-refractivity contribution in [2.75, 3.05) is 5.75 Å². The molecule has 0 unspecified atom stereocenters. The first-order valence-electron chi connectivity index (χ1n) is 8.47. The number of carbonyl (C=O) groups excluding carboxylic acids is 1. The number of Topliss-reactive ketones (excluding diaryl/α,β-unsaturated/α-hetero) is 1. The summed E-state index contributed by atoms with van der Waals surface area (Å²) in [5, 5.41) is 11.3. The number of ketones is 1. The van der Waals surface area contributed by atoms with Gasteiger partial charge in [-0.1, -0.05) is 17.7 Å². The van der Waals surface area contributed by atoms with E-state index in [-0.39, 0.29) is 5.78 Å². The number of aromatic amines is 1. The first kappa shape index (κ1) is 16.8. The molecule has 4 rings (SSSR count). The molecule has 0 amide bonds. The molecule has 132 valence electrons. The van der Waals surface area contributed by atoms with Crippen LogP contribution in [0.5, 0.6) is 0 Å². The fourth-order valence-electron chi connectivity index (χ4n) is 3.32. The van der Waals surface area contributed by atoms with Gasteiger partial charge in [-0.2, -0.15) is 10.3 Å². The molecule has 0 atom stereocenters. The van der Waals surface area contributed by atoms with E-state index in [1.807, 2.05) is 16.8 Å². The van der Waals surface area contributed by atoms with Crippen LogP contribution in [0.25, 0.3) is 11.6 Å². The van der Waals surface area contributed by atoms with E-state index in [9.17, 15) is 4.79 Å². The average Bonchev–Trinajstić information content (AvgIpc) is 3.27. The fraction of sp³-hybridized carbons (Fsp3) is 0.263. The Hall–Kier alpha value is -2.67. The molecule has 6 nitrogen and oxygen atoms in total. The van der Waals surface area contributed by atoms with Crippen LogP contribution in [0.3, 0.4) is 0 Å². The molecule has 1 aliphatic carbocycles. The molecule has 7 heteroatoms. The van der Waals surface area contributed by atoms with E-state index in [0.29, 0.717) is 12.0 Å². The normalized spacial score (nSPS) is 13.6. The Morgan fingerprint density at radius 1 is 1.31 bits per heavy atom. The van der Waals surface area contributed by atoms with Crippen LogP contribution in [-0.2, 0) is 17.8 Å². The summed E-state index contributed by atoms with van der Waals surface area (Å²) in [5.74, 6) is 1.69. The molecule has 0 spiro atoms. The maximum absolute atomic E-state index is 12.8. The van der Waals surface area contributed by atoms with E-state index in [1.54, 1.807) is 24.2 Å². The van der Waals surface area contributed by atoms with Gasteiger partial charge in [0, 0.05) is 31.1 Å². The number of aryl methyl sites for hydroxylation is 3. The lowest BCUT2D eigenvalue weighted by molar-refractivity contribution is -0.113. The molecule has 26 heavy (non-hydrogen) atoms. The summed E-state index contributed by atoms with van der Waals surface area (Å²) in [4.78, 5) is 17.2. The standard InChI is InChI=1S/C19H19N5OS/c1-12-7-13(2)15-10-17(25)16(9-14(15)8-12)19-20-3-4-24(19)5-6-26-18-11-21-23-22-18/h3-4,7-9,11H,5-6,10H2,1-2H3,(H,21,22,23). The minimum atomic E-state index is 0.126. The zero-order chi connectivity index (χ0) is 18.1. The highest BCUT2D eigenvalue weighted by Gasteiger charge is 2.24. The number of rotatable bonds is 5. The van der Waals surface area contributed by atoms with Gasteiger partial charge in [0.05, 0.1) is 11.8 Å². The van der Waals surface area contributed by atoms with Crippen LogP contribution in [-0.4, -0.2) is 36.5 Å². The third kappa shape index (κ3) is 3.22. The lowest BCUT2D eigenvalue weighted by Gasteiger charge is -2.19. The Morgan fingerprint density at radius 3 is 3.00 bits per heavy atom. The van der Waals surface area contributed by atoms with Crippen LogP contribution >= 0.6 is 11.8 Å². The molecule has 1 aromatic carbocycles. The van der Waals surface area contributed by atoms with Gasteiger partial charge in [0.1, 0.15) is 10.9 Å². The van der Waals surface area contributed by atoms with Crippen molar-refractivity contribution in [2.24, 2.45) is 0 Å². The number of benzene rings is 1. The van der Waals surface area contributed by atoms with Crippen LogP contribution in [0, 0.1) is 13.8 Å². The van der Waals surface area contributed by atoms with Crippen molar-refractivity contribution in [3.63, 3.8) is 0 Å². The zero-order valence-corrected chi connectivity index (χ0v) is 15.5. The second-order valence-corrected chi connectivity index (χ2v) is 7.52. The highest BCUT2D eigenvalue weighted by atomic mass is 32.2. The minimum absolute atomic E-state index is 0.126. The van der Waals surface area contributed by atoms with Crippen LogP contribution < -0.4 is 0 Å². The molecule has 2 heterocycles. The molecule has 2 aromatic heterocycles. The lowest BCUT2D eigenvalue weighted by Crippen LogP contribution is -2.16. The fourth-order valence-corrected chi connectivity index (χ4v) is 4.05. The summed E-state index contributed by atoms with van der Waals surface area (Å²) < 4.78 is 2.03. The van der Waals surface area contributed by atoms with E-state index in [0.717, 1.165) is 34.3 Å². The van der Waals surface area contributed by atoms with Crippen molar-refractivity contribution in [3.05, 3.63) is 58.8 Å². The van der Waals surface area contributed by atoms with Gasteiger partial charge < -0.3 is 4.57 Å². The number of hydrogen-bond acceptors (Lipinski definition) is 5. The Labute approximate surface area is 155 Å². The van der Waals surface area contributed by atoms with Gasteiger partial charge >= 0.3 is 0 Å². The number of carbonyl (C=O) groups is 1. The number of hydrogen-bond donors (Lipinski definition) is 1. The Balaban J connectivity index is 1.60. The quantitative estimate of drug-likeness (QED) is 0.703. The predicted octanol–water partition coefficient (Wildman–Crippen LogP) is 3.08. The third-order valence-corrected chi connectivity index (χ3v) is 5.40. The molecule has 3 aromatic rings. The van der Waals surface area contributed by atoms with Gasteiger partial charge in [-0.05, 0) is 36.6 Å². The van der Waals surface area contributed by atoms with Gasteiger partial charge in [-0.25, -0.2) is 4.98 Å². The molecular formula is C19H19N5OS. The van der Waals surface area contributed by atoms with Gasteiger partial charge in [0.2, 0.25) is 0 Å². The highest BCUT2D eigenvalue weighted by Crippen LogP contribution is 2.30. The zero-order valence-electron chi connectivity index (χ0n) is 14.7. The summed E-state index contributed by atoms with van der Waals surface area (Å²) in [6.07, 6.45) is 7.80. The number of aromatic nitrogens is 5.